The number of H-pyrrole nitrogens is 1. The van der Waals surface area contributed by atoms with E-state index in [9.17, 15) is 4.79 Å². The summed E-state index contributed by atoms with van der Waals surface area (Å²) < 4.78 is 0. The number of nitrogens with zero attached hydrogens (tertiary/aromatic N) is 1. The second-order valence-electron chi connectivity index (χ2n) is 3.98. The zero-order chi connectivity index (χ0) is 12.7. The van der Waals surface area contributed by atoms with E-state index in [0.717, 1.165) is 21.5 Å². The van der Waals surface area contributed by atoms with Crippen LogP contribution >= 0.6 is 22.9 Å². The summed E-state index contributed by atoms with van der Waals surface area (Å²) in [5, 5.41) is 2.49. The van der Waals surface area contributed by atoms with Crippen molar-refractivity contribution in [2.45, 2.75) is 6.92 Å². The van der Waals surface area contributed by atoms with Gasteiger partial charge in [0.1, 0.15) is 5.01 Å². The van der Waals surface area contributed by atoms with Crippen LogP contribution in [-0.2, 0) is 0 Å². The van der Waals surface area contributed by atoms with E-state index in [1.165, 1.54) is 11.3 Å². The van der Waals surface area contributed by atoms with Gasteiger partial charge >= 0.3 is 0 Å². The Bertz CT molecular complexity index is 744. The van der Waals surface area contributed by atoms with E-state index in [-0.39, 0.29) is 5.78 Å². The molecule has 0 aliphatic carbocycles. The highest BCUT2D eigenvalue weighted by molar-refractivity contribution is 7.16. The van der Waals surface area contributed by atoms with Gasteiger partial charge in [-0.1, -0.05) is 11.6 Å². The fraction of sp³-hybridized carbons (Fsp3) is 0.0769. The van der Waals surface area contributed by atoms with Crippen molar-refractivity contribution in [3.8, 4) is 10.6 Å². The number of nitrogens with one attached hydrogen (secondary N) is 1. The summed E-state index contributed by atoms with van der Waals surface area (Å²) in [6.07, 6.45) is 3.38. The molecule has 0 amide bonds. The van der Waals surface area contributed by atoms with Gasteiger partial charge < -0.3 is 4.98 Å². The van der Waals surface area contributed by atoms with E-state index in [0.29, 0.717) is 9.90 Å². The van der Waals surface area contributed by atoms with Crippen LogP contribution in [0.2, 0.25) is 5.02 Å². The van der Waals surface area contributed by atoms with E-state index in [1.807, 2.05) is 18.2 Å². The van der Waals surface area contributed by atoms with Crippen LogP contribution in [0.4, 0.5) is 0 Å². The summed E-state index contributed by atoms with van der Waals surface area (Å²) in [7, 11) is 0. The first-order chi connectivity index (χ1) is 8.65. The molecule has 0 spiro atoms. The van der Waals surface area contributed by atoms with Crippen LogP contribution in [0, 0.1) is 0 Å². The normalized spacial score (nSPS) is 11.0. The molecule has 3 rings (SSSR count). The minimum absolute atomic E-state index is 0.0412. The van der Waals surface area contributed by atoms with Gasteiger partial charge in [-0.2, -0.15) is 0 Å². The van der Waals surface area contributed by atoms with Crippen molar-refractivity contribution in [2.24, 2.45) is 0 Å². The predicted octanol–water partition coefficient (Wildman–Crippen LogP) is 4.15. The zero-order valence-corrected chi connectivity index (χ0v) is 11.1. The fourth-order valence-electron chi connectivity index (χ4n) is 1.79. The van der Waals surface area contributed by atoms with Crippen LogP contribution in [0.25, 0.3) is 21.5 Å². The van der Waals surface area contributed by atoms with Gasteiger partial charge in [-0.3, -0.25) is 4.79 Å². The standard InChI is InChI=1S/C13H9ClN2OS/c1-7(17)12-6-16-13(18-12)8-2-3-11-9(4-8)10(14)5-15-11/h2-6,15H,1H3. The number of rotatable bonds is 2. The molecule has 1 aromatic carbocycles. The van der Waals surface area contributed by atoms with E-state index in [2.05, 4.69) is 9.97 Å². The maximum atomic E-state index is 11.3. The number of aromatic amines is 1. The summed E-state index contributed by atoms with van der Waals surface area (Å²) in [4.78, 5) is 19.3. The number of thiazole rings is 1. The first kappa shape index (κ1) is 11.4. The third kappa shape index (κ3) is 1.83. The zero-order valence-electron chi connectivity index (χ0n) is 9.53. The number of carbonyl (C=O) groups excluding carboxylic acids is 1. The van der Waals surface area contributed by atoms with Gasteiger partial charge in [-0.05, 0) is 18.2 Å². The van der Waals surface area contributed by atoms with Crippen molar-refractivity contribution >= 4 is 39.6 Å². The van der Waals surface area contributed by atoms with E-state index >= 15 is 0 Å². The first-order valence-electron chi connectivity index (χ1n) is 5.39. The average molecular weight is 277 g/mol. The molecule has 2 heterocycles. The summed E-state index contributed by atoms with van der Waals surface area (Å²) in [5.41, 5.74) is 1.97. The van der Waals surface area contributed by atoms with Gasteiger partial charge in [-0.15, -0.1) is 11.3 Å². The Kier molecular flexibility index (Phi) is 2.69. The van der Waals surface area contributed by atoms with Gasteiger partial charge in [0.25, 0.3) is 0 Å². The van der Waals surface area contributed by atoms with Crippen LogP contribution in [0.1, 0.15) is 16.6 Å². The molecule has 2 aromatic heterocycles. The van der Waals surface area contributed by atoms with Crippen LogP contribution in [0.15, 0.2) is 30.6 Å². The molecule has 0 radical (unpaired) electrons. The van der Waals surface area contributed by atoms with Crippen molar-refractivity contribution < 1.29 is 4.79 Å². The van der Waals surface area contributed by atoms with Crippen molar-refractivity contribution in [3.63, 3.8) is 0 Å². The maximum Gasteiger partial charge on any atom is 0.171 e. The molecule has 0 saturated carbocycles. The molecule has 0 saturated heterocycles. The molecule has 1 N–H and O–H groups in total. The van der Waals surface area contributed by atoms with Crippen LogP contribution < -0.4 is 0 Å². The van der Waals surface area contributed by atoms with Gasteiger partial charge in [0.15, 0.2) is 5.78 Å². The molecular formula is C13H9ClN2OS. The van der Waals surface area contributed by atoms with Crippen LogP contribution in [-0.4, -0.2) is 15.8 Å². The molecule has 3 aromatic rings. The van der Waals surface area contributed by atoms with Gasteiger partial charge in [0.2, 0.25) is 0 Å². The molecule has 0 atom stereocenters. The fourth-order valence-corrected chi connectivity index (χ4v) is 2.81. The Morgan fingerprint density at radius 3 is 3.00 bits per heavy atom. The Morgan fingerprint density at radius 1 is 1.44 bits per heavy atom. The predicted molar refractivity (Wildman–Crippen MR) is 74.4 cm³/mol. The number of fused-ring (bicyclic) bond motifs is 1. The minimum atomic E-state index is 0.0412. The number of benzene rings is 1. The first-order valence-corrected chi connectivity index (χ1v) is 6.58. The largest absolute Gasteiger partial charge is 0.360 e. The molecule has 0 unspecified atom stereocenters. The average Bonchev–Trinajstić information content (AvgIpc) is 2.96. The highest BCUT2D eigenvalue weighted by Gasteiger charge is 2.09. The summed E-state index contributed by atoms with van der Waals surface area (Å²) >= 11 is 7.48. The molecular weight excluding hydrogens is 268 g/mol. The number of hydrogen-bond donors (Lipinski definition) is 1. The number of ketones is 1. The van der Waals surface area contributed by atoms with Gasteiger partial charge in [0, 0.05) is 35.8 Å². The highest BCUT2D eigenvalue weighted by atomic mass is 35.5. The van der Waals surface area contributed by atoms with E-state index in [1.54, 1.807) is 19.3 Å². The topological polar surface area (TPSA) is 45.8 Å². The lowest BCUT2D eigenvalue weighted by Crippen LogP contribution is -1.83. The molecule has 0 bridgehead atoms. The Morgan fingerprint density at radius 2 is 2.28 bits per heavy atom. The smallest absolute Gasteiger partial charge is 0.171 e. The monoisotopic (exact) mass is 276 g/mol. The number of hydrogen-bond acceptors (Lipinski definition) is 3. The molecule has 3 nitrogen and oxygen atoms in total. The molecule has 5 heteroatoms. The number of carbonyl (C=O) groups is 1. The summed E-state index contributed by atoms with van der Waals surface area (Å²) in [6.45, 7) is 1.55. The van der Waals surface area contributed by atoms with Crippen molar-refractivity contribution in [3.05, 3.63) is 40.5 Å². The minimum Gasteiger partial charge on any atom is -0.360 e. The Hall–Kier alpha value is -1.65. The van der Waals surface area contributed by atoms with Crippen molar-refractivity contribution in [1.29, 1.82) is 0 Å². The molecule has 90 valence electrons. The third-order valence-corrected chi connectivity index (χ3v) is 4.19. The molecule has 0 aliphatic rings. The van der Waals surface area contributed by atoms with Gasteiger partial charge in [-0.25, -0.2) is 4.98 Å². The molecule has 0 fully saturated rings. The summed E-state index contributed by atoms with van der Waals surface area (Å²) in [5.74, 6) is 0.0412. The lowest BCUT2D eigenvalue weighted by atomic mass is 10.2. The van der Waals surface area contributed by atoms with Crippen LogP contribution in [0.3, 0.4) is 0 Å². The summed E-state index contributed by atoms with van der Waals surface area (Å²) in [6, 6.07) is 5.92. The van der Waals surface area contributed by atoms with Crippen molar-refractivity contribution in [1.82, 2.24) is 9.97 Å². The SMILES string of the molecule is CC(=O)c1cnc(-c2ccc3[nH]cc(Cl)c3c2)s1. The lowest BCUT2D eigenvalue weighted by Gasteiger charge is -1.97. The number of aromatic nitrogens is 2. The van der Waals surface area contributed by atoms with Crippen LogP contribution in [0.5, 0.6) is 0 Å². The molecule has 0 aliphatic heterocycles. The van der Waals surface area contributed by atoms with Gasteiger partial charge in [0.05, 0.1) is 9.90 Å². The Balaban J connectivity index is 2.12. The second-order valence-corrected chi connectivity index (χ2v) is 5.42. The number of Topliss-reactive ketones (excluding diaryl/α,β-unsaturated/α-hetero) is 1. The quantitative estimate of drug-likeness (QED) is 0.715. The van der Waals surface area contributed by atoms with Crippen molar-refractivity contribution in [2.75, 3.05) is 0 Å². The highest BCUT2D eigenvalue weighted by Crippen LogP contribution is 2.31. The second kappa shape index (κ2) is 4.23. The Labute approximate surface area is 112 Å². The van der Waals surface area contributed by atoms with E-state index < -0.39 is 0 Å². The number of halogens is 1. The lowest BCUT2D eigenvalue weighted by molar-refractivity contribution is 0.102. The molecule has 18 heavy (non-hydrogen) atoms. The van der Waals surface area contributed by atoms with E-state index in [4.69, 9.17) is 11.6 Å². The third-order valence-electron chi connectivity index (χ3n) is 2.73. The maximum absolute atomic E-state index is 11.3.